The number of nitrogens with one attached hydrogen (secondary N) is 1. The lowest BCUT2D eigenvalue weighted by atomic mass is 10.1. The number of halogens is 3. The van der Waals surface area contributed by atoms with E-state index in [1.54, 1.807) is 17.0 Å². The van der Waals surface area contributed by atoms with E-state index >= 15 is 0 Å². The topological polar surface area (TPSA) is 79.8 Å². The summed E-state index contributed by atoms with van der Waals surface area (Å²) in [6.45, 7) is 7.83. The molecule has 0 spiro atoms. The van der Waals surface area contributed by atoms with E-state index in [2.05, 4.69) is 10.2 Å². The van der Waals surface area contributed by atoms with Gasteiger partial charge in [-0.25, -0.2) is 14.8 Å². The Morgan fingerprint density at radius 1 is 1.10 bits per heavy atom. The number of hydrogen-bond donors (Lipinski definition) is 1. The fraction of sp³-hybridized carbons (Fsp3) is 0.607. The maximum absolute atomic E-state index is 12.9. The van der Waals surface area contributed by atoms with E-state index in [1.807, 2.05) is 19.9 Å². The van der Waals surface area contributed by atoms with Gasteiger partial charge in [0.1, 0.15) is 12.4 Å². The molecule has 2 aliphatic heterocycles. The number of hydrogen-bond acceptors (Lipinski definition) is 7. The second kappa shape index (κ2) is 14.4. The van der Waals surface area contributed by atoms with Crippen LogP contribution in [0.3, 0.4) is 0 Å². The Labute approximate surface area is 240 Å². The number of amides is 1. The lowest BCUT2D eigenvalue weighted by molar-refractivity contribution is 0.0462. The molecule has 0 radical (unpaired) electrons. The monoisotopic (exact) mass is 581 g/mol. The van der Waals surface area contributed by atoms with E-state index in [-0.39, 0.29) is 24.8 Å². The molecule has 11 heteroatoms. The highest BCUT2D eigenvalue weighted by Gasteiger charge is 2.37. The molecule has 0 aliphatic carbocycles. The van der Waals surface area contributed by atoms with Gasteiger partial charge < -0.3 is 19.7 Å². The smallest absolute Gasteiger partial charge is 0.409 e. The van der Waals surface area contributed by atoms with Gasteiger partial charge in [0.05, 0.1) is 47.5 Å². The van der Waals surface area contributed by atoms with Crippen molar-refractivity contribution >= 4 is 35.1 Å². The molecule has 2 saturated heterocycles. The van der Waals surface area contributed by atoms with Crippen LogP contribution in [0.4, 0.5) is 15.0 Å². The van der Waals surface area contributed by atoms with Crippen LogP contribution in [0.25, 0.3) is 11.3 Å². The summed E-state index contributed by atoms with van der Waals surface area (Å²) in [7, 11) is 0. The standard InChI is InChI=1S/C28H38Cl2FN5O3/c1-3-22-26(20-9-8-19(29)16-21(20)30)32-23(4-2)27(33-22)34-24-17-36(18-25(24)38-14-7-10-31)28(37)39-15-13-35-11-5-6-12-35/h8-9,16,24-25H,3-7,10-15,17-18H2,1-2H3,(H,33,34). The fourth-order valence-corrected chi connectivity index (χ4v) is 5.56. The minimum atomic E-state index is -0.451. The van der Waals surface area contributed by atoms with Gasteiger partial charge >= 0.3 is 6.09 Å². The molecule has 3 heterocycles. The summed E-state index contributed by atoms with van der Waals surface area (Å²) >= 11 is 12.6. The van der Waals surface area contributed by atoms with Crippen LogP contribution in [0.5, 0.6) is 0 Å². The zero-order valence-electron chi connectivity index (χ0n) is 22.7. The molecule has 1 aromatic carbocycles. The van der Waals surface area contributed by atoms with Gasteiger partial charge in [0, 0.05) is 30.3 Å². The number of aromatic nitrogens is 2. The third kappa shape index (κ3) is 7.72. The summed E-state index contributed by atoms with van der Waals surface area (Å²) in [5, 5.41) is 4.57. The molecular weight excluding hydrogens is 544 g/mol. The first-order valence-corrected chi connectivity index (χ1v) is 14.6. The molecule has 2 aliphatic rings. The molecule has 2 unspecified atom stereocenters. The van der Waals surface area contributed by atoms with Crippen molar-refractivity contribution < 1.29 is 18.7 Å². The van der Waals surface area contributed by atoms with Gasteiger partial charge in [-0.3, -0.25) is 9.29 Å². The maximum Gasteiger partial charge on any atom is 0.409 e. The van der Waals surface area contributed by atoms with Crippen LogP contribution in [-0.2, 0) is 22.3 Å². The predicted molar refractivity (Wildman–Crippen MR) is 153 cm³/mol. The van der Waals surface area contributed by atoms with Crippen LogP contribution >= 0.6 is 23.2 Å². The highest BCUT2D eigenvalue weighted by atomic mass is 35.5. The molecule has 0 bridgehead atoms. The number of likely N-dealkylation sites (tertiary alicyclic amines) is 2. The Morgan fingerprint density at radius 3 is 2.56 bits per heavy atom. The maximum atomic E-state index is 12.9. The van der Waals surface area contributed by atoms with Crippen molar-refractivity contribution in [2.75, 3.05) is 57.9 Å². The van der Waals surface area contributed by atoms with Crippen LogP contribution < -0.4 is 5.32 Å². The highest BCUT2D eigenvalue weighted by molar-refractivity contribution is 6.36. The van der Waals surface area contributed by atoms with Gasteiger partial charge in [0.25, 0.3) is 0 Å². The third-order valence-corrected chi connectivity index (χ3v) is 7.73. The quantitative estimate of drug-likeness (QED) is 0.324. The number of benzene rings is 1. The number of nitrogens with zero attached hydrogens (tertiary/aromatic N) is 4. The summed E-state index contributed by atoms with van der Waals surface area (Å²) in [4.78, 5) is 26.7. The van der Waals surface area contributed by atoms with Crippen LogP contribution in [0, 0.1) is 0 Å². The minimum absolute atomic E-state index is 0.245. The van der Waals surface area contributed by atoms with Gasteiger partial charge in [0.2, 0.25) is 0 Å². The number of rotatable bonds is 12. The number of carbonyl (C=O) groups is 1. The first-order valence-electron chi connectivity index (χ1n) is 13.9. The number of alkyl halides is 1. The fourth-order valence-electron chi connectivity index (χ4n) is 5.07. The minimum Gasteiger partial charge on any atom is -0.448 e. The van der Waals surface area contributed by atoms with Crippen LogP contribution in [0.2, 0.25) is 10.0 Å². The first kappa shape index (κ1) is 29.8. The molecule has 1 N–H and O–H groups in total. The molecular formula is C28H38Cl2FN5O3. The Balaban J connectivity index is 1.50. The summed E-state index contributed by atoms with van der Waals surface area (Å²) in [6, 6.07) is 5.11. The zero-order chi connectivity index (χ0) is 27.8. The second-order valence-corrected chi connectivity index (χ2v) is 10.8. The molecule has 8 nitrogen and oxygen atoms in total. The molecule has 0 saturated carbocycles. The normalized spacial score (nSPS) is 19.6. The Bertz CT molecular complexity index is 1120. The van der Waals surface area contributed by atoms with Crippen molar-refractivity contribution in [3.63, 3.8) is 0 Å². The van der Waals surface area contributed by atoms with E-state index in [0.29, 0.717) is 54.8 Å². The summed E-state index contributed by atoms with van der Waals surface area (Å²) in [5.41, 5.74) is 3.09. The molecule has 2 atom stereocenters. The van der Waals surface area contributed by atoms with Crippen LogP contribution in [-0.4, -0.2) is 90.6 Å². The van der Waals surface area contributed by atoms with Crippen molar-refractivity contribution in [3.05, 3.63) is 39.6 Å². The molecule has 1 amide bonds. The van der Waals surface area contributed by atoms with Gasteiger partial charge in [-0.05, 0) is 63.4 Å². The van der Waals surface area contributed by atoms with Crippen LogP contribution in [0.1, 0.15) is 44.5 Å². The largest absolute Gasteiger partial charge is 0.448 e. The van der Waals surface area contributed by atoms with E-state index in [9.17, 15) is 9.18 Å². The highest BCUT2D eigenvalue weighted by Crippen LogP contribution is 2.33. The average Bonchev–Trinajstić information content (AvgIpc) is 3.59. The van der Waals surface area contributed by atoms with Crippen molar-refractivity contribution in [2.24, 2.45) is 0 Å². The van der Waals surface area contributed by atoms with Gasteiger partial charge in [-0.1, -0.05) is 37.0 Å². The Hall–Kier alpha value is -2.20. The van der Waals surface area contributed by atoms with Crippen molar-refractivity contribution in [1.29, 1.82) is 0 Å². The van der Waals surface area contributed by atoms with Crippen molar-refractivity contribution in [2.45, 2.75) is 58.1 Å². The lowest BCUT2D eigenvalue weighted by Crippen LogP contribution is -2.36. The summed E-state index contributed by atoms with van der Waals surface area (Å²) in [5.74, 6) is 0.650. The number of ether oxygens (including phenoxy) is 2. The SMILES string of the molecule is CCc1nc(-c2ccc(Cl)cc2Cl)c(CC)nc1NC1CN(C(=O)OCCN2CCCC2)CC1OCCCF. The van der Waals surface area contributed by atoms with Gasteiger partial charge in [0.15, 0.2) is 0 Å². The van der Waals surface area contributed by atoms with E-state index in [4.69, 9.17) is 42.6 Å². The Morgan fingerprint density at radius 2 is 1.87 bits per heavy atom. The third-order valence-electron chi connectivity index (χ3n) is 7.18. The average molecular weight is 583 g/mol. The van der Waals surface area contributed by atoms with Crippen molar-refractivity contribution in [1.82, 2.24) is 19.8 Å². The van der Waals surface area contributed by atoms with Crippen molar-refractivity contribution in [3.8, 4) is 11.3 Å². The second-order valence-electron chi connectivity index (χ2n) is 9.92. The molecule has 214 valence electrons. The zero-order valence-corrected chi connectivity index (χ0v) is 24.2. The van der Waals surface area contributed by atoms with E-state index < -0.39 is 6.67 Å². The van der Waals surface area contributed by atoms with Crippen LogP contribution in [0.15, 0.2) is 18.2 Å². The molecule has 39 heavy (non-hydrogen) atoms. The number of anilines is 1. The number of carbonyl (C=O) groups excluding carboxylic acids is 1. The molecule has 1 aromatic heterocycles. The first-order chi connectivity index (χ1) is 18.9. The van der Waals surface area contributed by atoms with E-state index in [0.717, 1.165) is 42.3 Å². The summed E-state index contributed by atoms with van der Waals surface area (Å²) in [6.07, 6.45) is 3.30. The van der Waals surface area contributed by atoms with Gasteiger partial charge in [-0.15, -0.1) is 0 Å². The molecule has 2 aromatic rings. The lowest BCUT2D eigenvalue weighted by Gasteiger charge is -2.22. The van der Waals surface area contributed by atoms with Gasteiger partial charge in [-0.2, -0.15) is 0 Å². The summed E-state index contributed by atoms with van der Waals surface area (Å²) < 4.78 is 24.4. The predicted octanol–water partition coefficient (Wildman–Crippen LogP) is 5.65. The molecule has 4 rings (SSSR count). The molecule has 2 fully saturated rings. The number of aryl methyl sites for hydroxylation is 2. The Kier molecular flexibility index (Phi) is 11.0. The van der Waals surface area contributed by atoms with E-state index in [1.165, 1.54) is 12.8 Å².